The number of rotatable bonds is 6. The van der Waals surface area contributed by atoms with Crippen LogP contribution in [-0.2, 0) is 6.54 Å². The van der Waals surface area contributed by atoms with Crippen LogP contribution in [0.3, 0.4) is 0 Å². The molecular formula is C15H19N3O4. The van der Waals surface area contributed by atoms with Crippen LogP contribution in [0.2, 0.25) is 0 Å². The van der Waals surface area contributed by atoms with E-state index in [1.54, 1.807) is 25.3 Å². The number of benzene rings is 1. The van der Waals surface area contributed by atoms with E-state index < -0.39 is 5.56 Å². The first-order valence-corrected chi connectivity index (χ1v) is 6.86. The highest BCUT2D eigenvalue weighted by Crippen LogP contribution is 2.27. The predicted octanol–water partition coefficient (Wildman–Crippen LogP) is 1.06. The van der Waals surface area contributed by atoms with E-state index in [2.05, 4.69) is 10.4 Å². The first-order chi connectivity index (χ1) is 10.6. The molecule has 0 spiro atoms. The Morgan fingerprint density at radius 2 is 2.05 bits per heavy atom. The van der Waals surface area contributed by atoms with Gasteiger partial charge in [0.1, 0.15) is 28.6 Å². The maximum Gasteiger partial charge on any atom is 0.275 e. The average molecular weight is 305 g/mol. The maximum absolute atomic E-state index is 12.1. The van der Waals surface area contributed by atoms with Crippen LogP contribution in [-0.4, -0.2) is 35.7 Å². The molecule has 118 valence electrons. The number of methoxy groups -OCH3 is 2. The first kappa shape index (κ1) is 15.8. The lowest BCUT2D eigenvalue weighted by atomic mass is 10.2. The zero-order valence-corrected chi connectivity index (χ0v) is 12.8. The third-order valence-electron chi connectivity index (χ3n) is 3.14. The summed E-state index contributed by atoms with van der Waals surface area (Å²) in [4.78, 5) is 12.1. The Hall–Kier alpha value is -2.54. The Bertz CT molecular complexity index is 712. The van der Waals surface area contributed by atoms with Crippen molar-refractivity contribution in [2.45, 2.75) is 13.5 Å². The highest BCUT2D eigenvalue weighted by atomic mass is 16.5. The summed E-state index contributed by atoms with van der Waals surface area (Å²) in [6.07, 6.45) is 0. The van der Waals surface area contributed by atoms with Gasteiger partial charge < -0.3 is 19.9 Å². The molecule has 7 heteroatoms. The number of hydrogen-bond donors (Lipinski definition) is 2. The molecule has 0 atom stereocenters. The average Bonchev–Trinajstić information content (AvgIpc) is 2.53. The van der Waals surface area contributed by atoms with Crippen LogP contribution in [0.15, 0.2) is 29.1 Å². The summed E-state index contributed by atoms with van der Waals surface area (Å²) < 4.78 is 11.6. The van der Waals surface area contributed by atoms with E-state index in [0.717, 1.165) is 12.6 Å². The van der Waals surface area contributed by atoms with Gasteiger partial charge in [0, 0.05) is 18.7 Å². The lowest BCUT2D eigenvalue weighted by Gasteiger charge is -2.13. The van der Waals surface area contributed by atoms with Crippen LogP contribution in [0.4, 0.5) is 0 Å². The smallest absolute Gasteiger partial charge is 0.275 e. The third-order valence-corrected chi connectivity index (χ3v) is 3.14. The maximum atomic E-state index is 12.1. The van der Waals surface area contributed by atoms with Crippen molar-refractivity contribution in [2.75, 3.05) is 20.8 Å². The molecule has 7 nitrogen and oxygen atoms in total. The summed E-state index contributed by atoms with van der Waals surface area (Å²) >= 11 is 0. The molecule has 1 aromatic heterocycles. The number of aromatic hydroxyl groups is 1. The van der Waals surface area contributed by atoms with Gasteiger partial charge in [-0.15, -0.1) is 0 Å². The zero-order valence-electron chi connectivity index (χ0n) is 12.8. The van der Waals surface area contributed by atoms with Crippen molar-refractivity contribution >= 4 is 0 Å². The summed E-state index contributed by atoms with van der Waals surface area (Å²) in [7, 11) is 3.05. The SMILES string of the molecule is CCNCc1nn(-c2ccc(OC)cc2OC)c(=O)cc1O. The van der Waals surface area contributed by atoms with Gasteiger partial charge in [-0.25, -0.2) is 0 Å². The van der Waals surface area contributed by atoms with Crippen LogP contribution in [0.1, 0.15) is 12.6 Å². The van der Waals surface area contributed by atoms with Crippen molar-refractivity contribution in [2.24, 2.45) is 0 Å². The second kappa shape index (κ2) is 6.95. The summed E-state index contributed by atoms with van der Waals surface area (Å²) in [5.74, 6) is 0.934. The molecule has 1 heterocycles. The lowest BCUT2D eigenvalue weighted by molar-refractivity contribution is 0.391. The molecule has 0 aliphatic rings. The number of nitrogens with zero attached hydrogens (tertiary/aromatic N) is 2. The second-order valence-electron chi connectivity index (χ2n) is 4.54. The van der Waals surface area contributed by atoms with Gasteiger partial charge in [-0.3, -0.25) is 4.79 Å². The molecule has 0 fully saturated rings. The van der Waals surface area contributed by atoms with Gasteiger partial charge in [-0.05, 0) is 18.7 Å². The second-order valence-corrected chi connectivity index (χ2v) is 4.54. The van der Waals surface area contributed by atoms with Crippen molar-refractivity contribution in [3.63, 3.8) is 0 Å². The van der Waals surface area contributed by atoms with Crippen molar-refractivity contribution < 1.29 is 14.6 Å². The van der Waals surface area contributed by atoms with E-state index in [9.17, 15) is 9.90 Å². The largest absolute Gasteiger partial charge is 0.506 e. The Balaban J connectivity index is 2.54. The Kier molecular flexibility index (Phi) is 5.00. The molecule has 2 aromatic rings. The monoisotopic (exact) mass is 305 g/mol. The fourth-order valence-electron chi connectivity index (χ4n) is 1.98. The normalized spacial score (nSPS) is 10.5. The molecule has 2 N–H and O–H groups in total. The van der Waals surface area contributed by atoms with Crippen LogP contribution < -0.4 is 20.3 Å². The first-order valence-electron chi connectivity index (χ1n) is 6.86. The predicted molar refractivity (Wildman–Crippen MR) is 82.0 cm³/mol. The van der Waals surface area contributed by atoms with Crippen molar-refractivity contribution in [1.82, 2.24) is 15.1 Å². The molecule has 2 rings (SSSR count). The van der Waals surface area contributed by atoms with Gasteiger partial charge in [0.15, 0.2) is 0 Å². The van der Waals surface area contributed by atoms with E-state index in [1.807, 2.05) is 6.92 Å². The van der Waals surface area contributed by atoms with Crippen LogP contribution in [0.25, 0.3) is 5.69 Å². The van der Waals surface area contributed by atoms with Gasteiger partial charge >= 0.3 is 0 Å². The molecule has 22 heavy (non-hydrogen) atoms. The number of aromatic nitrogens is 2. The van der Waals surface area contributed by atoms with Gasteiger partial charge in [-0.2, -0.15) is 9.78 Å². The summed E-state index contributed by atoms with van der Waals surface area (Å²) in [5.41, 5.74) is 0.423. The van der Waals surface area contributed by atoms with Crippen LogP contribution in [0, 0.1) is 0 Å². The van der Waals surface area contributed by atoms with E-state index >= 15 is 0 Å². The summed E-state index contributed by atoms with van der Waals surface area (Å²) in [5, 5.41) is 17.1. The van der Waals surface area contributed by atoms with E-state index in [4.69, 9.17) is 9.47 Å². The fraction of sp³-hybridized carbons (Fsp3) is 0.333. The van der Waals surface area contributed by atoms with Crippen molar-refractivity contribution in [3.05, 3.63) is 40.3 Å². The molecular weight excluding hydrogens is 286 g/mol. The fourth-order valence-corrected chi connectivity index (χ4v) is 1.98. The highest BCUT2D eigenvalue weighted by molar-refractivity contribution is 5.50. The van der Waals surface area contributed by atoms with E-state index in [0.29, 0.717) is 29.4 Å². The van der Waals surface area contributed by atoms with Crippen molar-refractivity contribution in [3.8, 4) is 22.9 Å². The molecule has 1 aromatic carbocycles. The molecule has 0 aliphatic heterocycles. The molecule has 0 aliphatic carbocycles. The highest BCUT2D eigenvalue weighted by Gasteiger charge is 2.13. The lowest BCUT2D eigenvalue weighted by Crippen LogP contribution is -2.24. The quantitative estimate of drug-likeness (QED) is 0.830. The van der Waals surface area contributed by atoms with E-state index in [1.165, 1.54) is 11.8 Å². The number of ether oxygens (including phenoxy) is 2. The van der Waals surface area contributed by atoms with E-state index in [-0.39, 0.29) is 5.75 Å². The zero-order chi connectivity index (χ0) is 16.1. The molecule has 0 bridgehead atoms. The molecule has 0 radical (unpaired) electrons. The molecule has 0 unspecified atom stereocenters. The molecule has 0 amide bonds. The molecule has 0 saturated heterocycles. The summed E-state index contributed by atoms with van der Waals surface area (Å²) in [6, 6.07) is 6.20. The Labute approximate surface area is 128 Å². The van der Waals surface area contributed by atoms with Crippen LogP contribution >= 0.6 is 0 Å². The van der Waals surface area contributed by atoms with Gasteiger partial charge in [0.05, 0.1) is 14.2 Å². The van der Waals surface area contributed by atoms with Gasteiger partial charge in [0.25, 0.3) is 5.56 Å². The minimum absolute atomic E-state index is 0.130. The number of nitrogens with one attached hydrogen (secondary N) is 1. The van der Waals surface area contributed by atoms with Crippen LogP contribution in [0.5, 0.6) is 17.2 Å². The summed E-state index contributed by atoms with van der Waals surface area (Å²) in [6.45, 7) is 3.03. The minimum atomic E-state index is -0.443. The number of hydrogen-bond acceptors (Lipinski definition) is 6. The topological polar surface area (TPSA) is 85.6 Å². The minimum Gasteiger partial charge on any atom is -0.506 e. The molecule has 0 saturated carbocycles. The standard InChI is InChI=1S/C15H19N3O4/c1-4-16-9-11-13(19)8-15(20)18(17-11)12-6-5-10(21-2)7-14(12)22-3/h5-8,16,19H,4,9H2,1-3H3. The Morgan fingerprint density at radius 1 is 1.27 bits per heavy atom. The third kappa shape index (κ3) is 3.20. The van der Waals surface area contributed by atoms with Crippen molar-refractivity contribution in [1.29, 1.82) is 0 Å². The van der Waals surface area contributed by atoms with Gasteiger partial charge in [0.2, 0.25) is 0 Å². The van der Waals surface area contributed by atoms with Gasteiger partial charge in [-0.1, -0.05) is 6.92 Å². The Morgan fingerprint density at radius 3 is 2.68 bits per heavy atom.